The maximum atomic E-state index is 12.3. The van der Waals surface area contributed by atoms with Crippen LogP contribution in [0.2, 0.25) is 30.1 Å². The monoisotopic (exact) mass is 1320 g/mol. The van der Waals surface area contributed by atoms with Gasteiger partial charge in [-0.05, 0) is 108 Å². The molecule has 448 valence electrons. The molecule has 8 aromatic rings. The van der Waals surface area contributed by atoms with Gasteiger partial charge in [0.05, 0.1) is 72.0 Å². The largest absolute Gasteiger partial charge is 0.386 e. The first-order chi connectivity index (χ1) is 41.2. The molecule has 2 aromatic heterocycles. The molecule has 4 N–H and O–H groups in total. The average molecular weight is 1330 g/mol. The maximum Gasteiger partial charge on any atom is 0.187 e. The molecule has 2 heterocycles. The SMILES string of the molecule is CC(C)CC(SC#N)C(=O)c1ccc(Cl)c(Cl)c1.CC(C)Cc1sc(N(CC#N)Cc2ccccc2)nc1-c1ccc(Cl)c(Cl)c1.CC(C)Cc1sc(N(CC(=N)N)Cc2ccccc2)nc1-c1ccc(Cl)c(Cl)c1.N#CCNCc1ccccc1. The number of aromatic nitrogens is 2. The van der Waals surface area contributed by atoms with Gasteiger partial charge in [0.25, 0.3) is 0 Å². The number of nitrogens with two attached hydrogens (primary N) is 1. The van der Waals surface area contributed by atoms with Crippen molar-refractivity contribution < 1.29 is 4.79 Å². The lowest BCUT2D eigenvalue weighted by Gasteiger charge is -2.21. The second-order valence-corrected chi connectivity index (χ2v) is 26.5. The molecular formula is C66H68Cl6N10OS3. The highest BCUT2D eigenvalue weighted by molar-refractivity contribution is 8.05. The van der Waals surface area contributed by atoms with Gasteiger partial charge in [-0.3, -0.25) is 10.2 Å². The minimum Gasteiger partial charge on any atom is -0.386 e. The number of anilines is 2. The number of Topliss-reactive ketones (excluding diaryl/α,β-unsaturated/α-hetero) is 1. The summed E-state index contributed by atoms with van der Waals surface area (Å²) in [7, 11) is 0. The quantitative estimate of drug-likeness (QED) is 0.0138. The van der Waals surface area contributed by atoms with Gasteiger partial charge in [-0.25, -0.2) is 9.97 Å². The molecule has 0 amide bonds. The molecule has 8 rings (SSSR count). The third-order valence-corrected chi connectivity index (χ3v) is 17.6. The Morgan fingerprint density at radius 2 is 1.03 bits per heavy atom. The van der Waals surface area contributed by atoms with Crippen molar-refractivity contribution in [3.05, 3.63) is 208 Å². The van der Waals surface area contributed by atoms with E-state index in [9.17, 15) is 10.1 Å². The smallest absolute Gasteiger partial charge is 0.187 e. The summed E-state index contributed by atoms with van der Waals surface area (Å²) in [6, 6.07) is 50.6. The topological polar surface area (TPSA) is 183 Å². The van der Waals surface area contributed by atoms with Gasteiger partial charge in [0.2, 0.25) is 0 Å². The summed E-state index contributed by atoms with van der Waals surface area (Å²) >= 11 is 40.7. The molecule has 0 spiro atoms. The molecule has 0 aliphatic heterocycles. The predicted molar refractivity (Wildman–Crippen MR) is 366 cm³/mol. The Balaban J connectivity index is 0.000000221. The molecule has 1 atom stereocenters. The van der Waals surface area contributed by atoms with Crippen molar-refractivity contribution in [2.24, 2.45) is 23.5 Å². The van der Waals surface area contributed by atoms with Crippen LogP contribution < -0.4 is 20.9 Å². The van der Waals surface area contributed by atoms with Crippen LogP contribution in [-0.4, -0.2) is 46.5 Å². The fraction of sp³-hybridized carbons (Fsp3) is 0.288. The molecule has 0 saturated heterocycles. The molecular weight excluding hydrogens is 1260 g/mol. The Morgan fingerprint density at radius 1 is 0.593 bits per heavy atom. The van der Waals surface area contributed by atoms with E-state index >= 15 is 0 Å². The van der Waals surface area contributed by atoms with Crippen LogP contribution in [-0.2, 0) is 32.5 Å². The summed E-state index contributed by atoms with van der Waals surface area (Å²) in [5, 5.41) is 43.3. The lowest BCUT2D eigenvalue weighted by molar-refractivity contribution is 0.0982. The molecule has 0 aliphatic carbocycles. The lowest BCUT2D eigenvalue weighted by atomic mass is 10.0. The van der Waals surface area contributed by atoms with Gasteiger partial charge in [-0.2, -0.15) is 15.8 Å². The van der Waals surface area contributed by atoms with Crippen molar-refractivity contribution in [3.63, 3.8) is 0 Å². The van der Waals surface area contributed by atoms with Crippen LogP contribution in [0, 0.1) is 56.5 Å². The van der Waals surface area contributed by atoms with Crippen LogP contribution in [0.15, 0.2) is 146 Å². The van der Waals surface area contributed by atoms with E-state index in [1.165, 1.54) is 15.3 Å². The summed E-state index contributed by atoms with van der Waals surface area (Å²) in [4.78, 5) is 28.6. The van der Waals surface area contributed by atoms with E-state index < -0.39 is 0 Å². The molecule has 86 heavy (non-hydrogen) atoms. The summed E-state index contributed by atoms with van der Waals surface area (Å²) in [6.45, 7) is 15.9. The molecule has 0 saturated carbocycles. The third-order valence-electron chi connectivity index (χ3n) is 12.3. The number of carbonyl (C=O) groups excluding carboxylic acids is 1. The van der Waals surface area contributed by atoms with Crippen LogP contribution in [0.3, 0.4) is 0 Å². The number of nitrogens with one attached hydrogen (secondary N) is 2. The number of thiazole rings is 2. The fourth-order valence-corrected chi connectivity index (χ4v) is 12.7. The summed E-state index contributed by atoms with van der Waals surface area (Å²) < 4.78 is 0. The third kappa shape index (κ3) is 23.5. The Labute approximate surface area is 549 Å². The average Bonchev–Trinajstić information content (AvgIpc) is 2.95. The normalized spacial score (nSPS) is 11.0. The molecule has 1 unspecified atom stereocenters. The molecule has 6 aromatic carbocycles. The number of amidine groups is 1. The van der Waals surface area contributed by atoms with Crippen molar-refractivity contribution in [1.82, 2.24) is 15.3 Å². The Morgan fingerprint density at radius 3 is 1.44 bits per heavy atom. The number of ketones is 1. The standard InChI is InChI=1S/C22H24Cl2N4S.C22H21Cl2N3S.C13H13Cl2NOS.C9H10N2/c1-14(2)10-19-21(16-8-9-17(23)18(24)11-16)27-22(29-19)28(13-20(25)26)12-15-6-4-3-5-7-15;1-15(2)12-20-21(17-8-9-18(23)19(24)13-17)26-22(28-20)27(11-10-25)14-16-6-4-3-5-7-16;1-8(2)5-12(18-7-16)13(17)9-3-4-10(14)11(15)6-9;10-6-7-11-8-9-4-2-1-3-5-9/h3-9,11,14H,10,12-13H2,1-2H3,(H3,25,26);3-9,13,15H,11-12,14H2,1-2H3;3-4,6,8,12H,5H2,1-2H3;1-5,11H,7-8H2. The molecule has 0 aliphatic rings. The number of rotatable bonds is 23. The zero-order valence-electron chi connectivity index (χ0n) is 48.6. The summed E-state index contributed by atoms with van der Waals surface area (Å²) in [5.74, 6) is 1.36. The molecule has 11 nitrogen and oxygen atoms in total. The van der Waals surface area contributed by atoms with Crippen LogP contribution in [0.25, 0.3) is 22.5 Å². The number of thiocyanates is 1. The highest BCUT2D eigenvalue weighted by Gasteiger charge is 2.24. The summed E-state index contributed by atoms with van der Waals surface area (Å²) in [6.07, 6.45) is 2.49. The van der Waals surface area contributed by atoms with E-state index in [0.717, 1.165) is 75.1 Å². The van der Waals surface area contributed by atoms with Crippen molar-refractivity contribution in [2.75, 3.05) is 29.4 Å². The van der Waals surface area contributed by atoms with Gasteiger partial charge >= 0.3 is 0 Å². The van der Waals surface area contributed by atoms with Gasteiger partial charge in [0.15, 0.2) is 16.0 Å². The Bertz CT molecular complexity index is 3570. The van der Waals surface area contributed by atoms with Crippen LogP contribution in [0.4, 0.5) is 10.3 Å². The van der Waals surface area contributed by atoms with Gasteiger partial charge in [-0.15, -0.1) is 22.7 Å². The van der Waals surface area contributed by atoms with E-state index in [-0.39, 0.29) is 23.4 Å². The van der Waals surface area contributed by atoms with Gasteiger partial charge in [-0.1, -0.05) is 214 Å². The zero-order valence-corrected chi connectivity index (χ0v) is 55.6. The fourth-order valence-electron chi connectivity index (χ4n) is 8.38. The number of nitrogens with zero attached hydrogens (tertiary/aromatic N) is 7. The minimum absolute atomic E-state index is 0.0752. The van der Waals surface area contributed by atoms with E-state index in [4.69, 9.17) is 101 Å². The number of hydrogen-bond acceptors (Lipinski definition) is 13. The van der Waals surface area contributed by atoms with Crippen molar-refractivity contribution in [2.45, 2.75) is 85.7 Å². The molecule has 0 fully saturated rings. The van der Waals surface area contributed by atoms with E-state index in [0.29, 0.717) is 86.1 Å². The number of nitriles is 3. The second kappa shape index (κ2) is 36.9. The molecule has 0 bridgehead atoms. The van der Waals surface area contributed by atoms with Crippen LogP contribution in [0.5, 0.6) is 0 Å². The van der Waals surface area contributed by atoms with Gasteiger partial charge in [0.1, 0.15) is 17.8 Å². The molecule has 20 heteroatoms. The minimum atomic E-state index is -0.354. The van der Waals surface area contributed by atoms with Crippen LogP contribution in [0.1, 0.15) is 84.8 Å². The highest BCUT2D eigenvalue weighted by atomic mass is 35.5. The second-order valence-electron chi connectivity index (χ2n) is 20.9. The molecule has 0 radical (unpaired) electrons. The Kier molecular flexibility index (Phi) is 30.3. The first-order valence-corrected chi connectivity index (χ1v) is 32.3. The van der Waals surface area contributed by atoms with Crippen molar-refractivity contribution >= 4 is 126 Å². The first-order valence-electron chi connectivity index (χ1n) is 27.5. The van der Waals surface area contributed by atoms with E-state index in [2.05, 4.69) is 63.3 Å². The first kappa shape index (κ1) is 70.6. The summed E-state index contributed by atoms with van der Waals surface area (Å²) in [5.41, 5.74) is 13.5. The number of hydrogen-bond donors (Lipinski definition) is 3. The predicted octanol–water partition coefficient (Wildman–Crippen LogP) is 19.2. The highest BCUT2D eigenvalue weighted by Crippen LogP contribution is 2.39. The number of benzene rings is 6. The maximum absolute atomic E-state index is 12.3. The van der Waals surface area contributed by atoms with Gasteiger partial charge < -0.3 is 20.9 Å². The van der Waals surface area contributed by atoms with Crippen molar-refractivity contribution in [1.29, 1.82) is 21.2 Å². The number of carbonyl (C=O) groups is 1. The number of halogens is 6. The van der Waals surface area contributed by atoms with E-state index in [1.807, 2.05) is 126 Å². The van der Waals surface area contributed by atoms with E-state index in [1.54, 1.807) is 53.0 Å². The number of thioether (sulfide) groups is 1. The van der Waals surface area contributed by atoms with Crippen LogP contribution >= 0.6 is 104 Å². The zero-order chi connectivity index (χ0) is 62.7. The lowest BCUT2D eigenvalue weighted by Crippen LogP contribution is -2.32. The van der Waals surface area contributed by atoms with Gasteiger partial charge in [0, 0.05) is 46.1 Å². The van der Waals surface area contributed by atoms with Crippen molar-refractivity contribution in [3.8, 4) is 40.1 Å². The Hall–Kier alpha value is -6.16.